The Balaban J connectivity index is 1.77. The number of fused-ring (bicyclic) bond motifs is 2. The van der Waals surface area contributed by atoms with Crippen LogP contribution in [0.3, 0.4) is 0 Å². The van der Waals surface area contributed by atoms with E-state index in [2.05, 4.69) is 18.2 Å². The number of rotatable bonds is 1. The van der Waals surface area contributed by atoms with Gasteiger partial charge in [0.1, 0.15) is 11.5 Å². The van der Waals surface area contributed by atoms with Gasteiger partial charge in [-0.2, -0.15) is 0 Å². The van der Waals surface area contributed by atoms with Crippen molar-refractivity contribution in [3.8, 4) is 22.6 Å². The second-order valence-electron chi connectivity index (χ2n) is 4.97. The maximum Gasteiger partial charge on any atom is 0.142 e. The molecule has 0 bridgehead atoms. The molecule has 0 saturated heterocycles. The van der Waals surface area contributed by atoms with E-state index in [1.807, 2.05) is 36.4 Å². The van der Waals surface area contributed by atoms with Crippen molar-refractivity contribution in [2.75, 3.05) is 0 Å². The molecule has 1 nitrogen and oxygen atoms in total. The summed E-state index contributed by atoms with van der Waals surface area (Å²) in [5.41, 5.74) is 2.01. The van der Waals surface area contributed by atoms with Gasteiger partial charge in [0.05, 0.1) is 9.79 Å². The highest BCUT2D eigenvalue weighted by Gasteiger charge is 2.18. The molecule has 0 aliphatic carbocycles. The van der Waals surface area contributed by atoms with E-state index in [0.717, 1.165) is 32.4 Å². The van der Waals surface area contributed by atoms with E-state index in [1.165, 1.54) is 0 Å². The average molecular weight is 345 g/mol. The first-order valence-electron chi connectivity index (χ1n) is 6.74. The van der Waals surface area contributed by atoms with Crippen LogP contribution in [0.2, 0.25) is 10.0 Å². The summed E-state index contributed by atoms with van der Waals surface area (Å²) in [5.74, 6) is 1.75. The third-order valence-electron chi connectivity index (χ3n) is 3.43. The van der Waals surface area contributed by atoms with Gasteiger partial charge in [-0.3, -0.25) is 0 Å². The zero-order valence-electron chi connectivity index (χ0n) is 11.3. The Bertz CT molecular complexity index is 856. The fraction of sp³-hybridized carbons (Fsp3) is 0. The van der Waals surface area contributed by atoms with E-state index in [4.69, 9.17) is 27.9 Å². The summed E-state index contributed by atoms with van der Waals surface area (Å²) in [6, 6.07) is 19.7. The molecule has 108 valence electrons. The van der Waals surface area contributed by atoms with Gasteiger partial charge in [0.25, 0.3) is 0 Å². The van der Waals surface area contributed by atoms with Crippen molar-refractivity contribution in [2.45, 2.75) is 9.79 Å². The third-order valence-corrected chi connectivity index (χ3v) is 4.98. The molecule has 3 aromatic rings. The molecule has 4 heteroatoms. The quantitative estimate of drug-likeness (QED) is 0.370. The van der Waals surface area contributed by atoms with Gasteiger partial charge in [-0.25, -0.2) is 0 Å². The van der Waals surface area contributed by atoms with Gasteiger partial charge in [0.2, 0.25) is 0 Å². The maximum atomic E-state index is 6.09. The molecule has 0 saturated carbocycles. The highest BCUT2D eigenvalue weighted by Crippen LogP contribution is 2.47. The normalized spacial score (nSPS) is 12.3. The predicted molar refractivity (Wildman–Crippen MR) is 92.5 cm³/mol. The van der Waals surface area contributed by atoms with Crippen LogP contribution in [-0.4, -0.2) is 0 Å². The topological polar surface area (TPSA) is 9.23 Å². The van der Waals surface area contributed by atoms with Crippen LogP contribution in [0.5, 0.6) is 11.5 Å². The van der Waals surface area contributed by atoms with Crippen LogP contribution in [0.1, 0.15) is 0 Å². The van der Waals surface area contributed by atoms with Crippen LogP contribution in [0.4, 0.5) is 0 Å². The number of benzene rings is 3. The lowest BCUT2D eigenvalue weighted by Gasteiger charge is -2.20. The molecule has 1 aliphatic heterocycles. The summed E-state index contributed by atoms with van der Waals surface area (Å²) in [7, 11) is 0. The fourth-order valence-corrected chi connectivity index (χ4v) is 3.89. The molecule has 3 aromatic carbocycles. The summed E-state index contributed by atoms with van der Waals surface area (Å²) in [4.78, 5) is 2.24. The number of halogens is 2. The van der Waals surface area contributed by atoms with Crippen LogP contribution >= 0.6 is 35.0 Å². The molecular weight excluding hydrogens is 335 g/mol. The summed E-state index contributed by atoms with van der Waals surface area (Å²) >= 11 is 13.9. The molecule has 0 unspecified atom stereocenters. The Morgan fingerprint density at radius 1 is 0.682 bits per heavy atom. The molecule has 0 spiro atoms. The zero-order chi connectivity index (χ0) is 15.1. The van der Waals surface area contributed by atoms with E-state index >= 15 is 0 Å². The molecular formula is C18H10Cl2OS. The van der Waals surface area contributed by atoms with Crippen molar-refractivity contribution in [1.82, 2.24) is 0 Å². The molecule has 0 aromatic heterocycles. The largest absolute Gasteiger partial charge is 0.455 e. The van der Waals surface area contributed by atoms with Gasteiger partial charge < -0.3 is 4.74 Å². The summed E-state index contributed by atoms with van der Waals surface area (Å²) in [6.07, 6.45) is 0. The Hall–Kier alpha value is -1.61. The minimum absolute atomic E-state index is 0.626. The number of hydrogen-bond donors (Lipinski definition) is 0. The summed E-state index contributed by atoms with van der Waals surface area (Å²) < 4.78 is 6.01. The minimum Gasteiger partial charge on any atom is -0.455 e. The van der Waals surface area contributed by atoms with E-state index in [-0.39, 0.29) is 0 Å². The summed E-state index contributed by atoms with van der Waals surface area (Å²) in [5, 5.41) is 1.25. The minimum atomic E-state index is 0.626. The molecule has 0 radical (unpaired) electrons. The third kappa shape index (κ3) is 2.58. The van der Waals surface area contributed by atoms with Crippen LogP contribution in [0.15, 0.2) is 70.5 Å². The fourth-order valence-electron chi connectivity index (χ4n) is 2.43. The SMILES string of the molecule is Clc1cc(Cl)cc(-c2ccc3c(c2)Oc2ccccc2S3)c1. The second kappa shape index (κ2) is 5.54. The highest BCUT2D eigenvalue weighted by atomic mass is 35.5. The van der Waals surface area contributed by atoms with Gasteiger partial charge in [-0.15, -0.1) is 0 Å². The van der Waals surface area contributed by atoms with Crippen molar-refractivity contribution in [1.29, 1.82) is 0 Å². The monoisotopic (exact) mass is 344 g/mol. The molecule has 1 heterocycles. The standard InChI is InChI=1S/C18H10Cl2OS/c19-13-7-12(8-14(20)10-13)11-5-6-18-16(9-11)21-15-3-1-2-4-17(15)22-18/h1-10H. The maximum absolute atomic E-state index is 6.09. The molecule has 4 rings (SSSR count). The molecule has 0 amide bonds. The Kier molecular flexibility index (Phi) is 3.53. The lowest BCUT2D eigenvalue weighted by Crippen LogP contribution is -1.95. The number of para-hydroxylation sites is 1. The second-order valence-corrected chi connectivity index (χ2v) is 6.93. The molecule has 0 atom stereocenters. The van der Waals surface area contributed by atoms with Crippen molar-refractivity contribution in [3.05, 3.63) is 70.7 Å². The first-order chi connectivity index (χ1) is 10.7. The Morgan fingerprint density at radius 3 is 2.23 bits per heavy atom. The molecule has 1 aliphatic rings. The lowest BCUT2D eigenvalue weighted by molar-refractivity contribution is 0.455. The van der Waals surface area contributed by atoms with Crippen LogP contribution in [-0.2, 0) is 0 Å². The number of ether oxygens (including phenoxy) is 1. The first-order valence-corrected chi connectivity index (χ1v) is 8.31. The Morgan fingerprint density at radius 2 is 1.41 bits per heavy atom. The molecule has 0 fully saturated rings. The Labute approximate surface area is 142 Å². The van der Waals surface area contributed by atoms with Gasteiger partial charge in [-0.1, -0.05) is 53.2 Å². The van der Waals surface area contributed by atoms with Crippen molar-refractivity contribution in [3.63, 3.8) is 0 Å². The van der Waals surface area contributed by atoms with E-state index in [0.29, 0.717) is 10.0 Å². The summed E-state index contributed by atoms with van der Waals surface area (Å²) in [6.45, 7) is 0. The zero-order valence-corrected chi connectivity index (χ0v) is 13.7. The lowest BCUT2D eigenvalue weighted by atomic mass is 10.1. The smallest absolute Gasteiger partial charge is 0.142 e. The van der Waals surface area contributed by atoms with Crippen LogP contribution in [0, 0.1) is 0 Å². The van der Waals surface area contributed by atoms with E-state index in [9.17, 15) is 0 Å². The van der Waals surface area contributed by atoms with E-state index in [1.54, 1.807) is 17.8 Å². The molecule has 22 heavy (non-hydrogen) atoms. The highest BCUT2D eigenvalue weighted by molar-refractivity contribution is 7.99. The van der Waals surface area contributed by atoms with Crippen molar-refractivity contribution >= 4 is 35.0 Å². The van der Waals surface area contributed by atoms with Gasteiger partial charge in [0, 0.05) is 10.0 Å². The average Bonchev–Trinajstić information content (AvgIpc) is 2.51. The van der Waals surface area contributed by atoms with Gasteiger partial charge in [0.15, 0.2) is 0 Å². The number of hydrogen-bond acceptors (Lipinski definition) is 2. The predicted octanol–water partition coefficient (Wildman–Crippen LogP) is 6.92. The van der Waals surface area contributed by atoms with Gasteiger partial charge in [-0.05, 0) is 53.6 Å². The van der Waals surface area contributed by atoms with Gasteiger partial charge >= 0.3 is 0 Å². The first kappa shape index (κ1) is 14.0. The molecule has 0 N–H and O–H groups in total. The van der Waals surface area contributed by atoms with Crippen molar-refractivity contribution in [2.24, 2.45) is 0 Å². The van der Waals surface area contributed by atoms with Crippen molar-refractivity contribution < 1.29 is 4.74 Å². The van der Waals surface area contributed by atoms with E-state index < -0.39 is 0 Å². The van der Waals surface area contributed by atoms with Crippen LogP contribution in [0.25, 0.3) is 11.1 Å². The van der Waals surface area contributed by atoms with Crippen LogP contribution < -0.4 is 4.74 Å².